The SMILES string of the molecule is B.[Co].[Fe].[Nb].[Ni].[SiH4]. The van der Waals surface area contributed by atoms with E-state index in [9.17, 15) is 0 Å². The van der Waals surface area contributed by atoms with Crippen molar-refractivity contribution >= 4 is 19.4 Å². The van der Waals surface area contributed by atoms with Crippen molar-refractivity contribution in [2.24, 2.45) is 0 Å². The van der Waals surface area contributed by atoms with E-state index in [-0.39, 0.29) is 92.1 Å². The largest absolute Gasteiger partial charge is 0.0814 e. The van der Waals surface area contributed by atoms with Gasteiger partial charge < -0.3 is 0 Å². The molecule has 0 atom stereocenters. The van der Waals surface area contributed by atoms with Crippen molar-refractivity contribution in [2.45, 2.75) is 0 Å². The van der Waals surface area contributed by atoms with E-state index < -0.39 is 0 Å². The maximum atomic E-state index is 0. The normalized spacial score (nSPS) is 0. The predicted octanol–water partition coefficient (Wildman–Crippen LogP) is -2.65. The fourth-order valence-corrected chi connectivity index (χ4v) is 0. The van der Waals surface area contributed by atoms with Crippen LogP contribution in [0.4, 0.5) is 0 Å². The molecule has 0 bridgehead atoms. The van der Waals surface area contributed by atoms with E-state index in [0.717, 1.165) is 0 Å². The van der Waals surface area contributed by atoms with Crippen molar-refractivity contribution in [3.63, 3.8) is 0 Å². The molecule has 0 unspecified atom stereocenters. The Morgan fingerprint density at radius 1 is 1.00 bits per heavy atom. The molecule has 0 aromatic heterocycles. The van der Waals surface area contributed by atoms with Crippen LogP contribution in [-0.2, 0) is 72.7 Å². The van der Waals surface area contributed by atoms with Gasteiger partial charge in [0, 0.05) is 72.7 Å². The van der Waals surface area contributed by atoms with Crippen LogP contribution in [0.2, 0.25) is 0 Å². The van der Waals surface area contributed by atoms with Gasteiger partial charge in [-0.3, -0.25) is 0 Å². The molecule has 2 radical (unpaired) electrons. The van der Waals surface area contributed by atoms with E-state index in [1.165, 1.54) is 0 Å². The summed E-state index contributed by atoms with van der Waals surface area (Å²) in [5.41, 5.74) is 0. The van der Waals surface area contributed by atoms with E-state index in [0.29, 0.717) is 0 Å². The second-order valence-electron chi connectivity index (χ2n) is 0. The fourth-order valence-electron chi connectivity index (χ4n) is 0. The van der Waals surface area contributed by atoms with Crippen molar-refractivity contribution in [3.8, 4) is 0 Å². The number of hydrogen-bond acceptors (Lipinski definition) is 0. The van der Waals surface area contributed by atoms with Crippen LogP contribution < -0.4 is 0 Å². The molecule has 0 saturated heterocycles. The van der Waals surface area contributed by atoms with Crippen LogP contribution in [0.15, 0.2) is 0 Å². The molecule has 0 saturated carbocycles. The van der Waals surface area contributed by atoms with E-state index in [1.807, 2.05) is 0 Å². The van der Waals surface area contributed by atoms with Gasteiger partial charge in [0.2, 0.25) is 0 Å². The van der Waals surface area contributed by atoms with Gasteiger partial charge in [0.15, 0.2) is 0 Å². The van der Waals surface area contributed by atoms with Gasteiger partial charge in [0.05, 0.1) is 8.41 Å². The van der Waals surface area contributed by atoms with Crippen LogP contribution in [0.25, 0.3) is 0 Å². The molecular weight excluding hydrogens is 305 g/mol. The van der Waals surface area contributed by atoms with Crippen molar-refractivity contribution < 1.29 is 72.7 Å². The minimum absolute atomic E-state index is 0. The fraction of sp³-hybridized carbons (Fsp3) is 0. The summed E-state index contributed by atoms with van der Waals surface area (Å²) in [5.74, 6) is 0. The van der Waals surface area contributed by atoms with Crippen LogP contribution >= 0.6 is 0 Å². The van der Waals surface area contributed by atoms with Crippen LogP contribution in [-0.4, -0.2) is 19.4 Å². The minimum Gasteiger partial charge on any atom is -0.0149 e. The van der Waals surface area contributed by atoms with E-state index in [4.69, 9.17) is 0 Å². The Morgan fingerprint density at radius 2 is 1.00 bits per heavy atom. The quantitative estimate of drug-likeness (QED) is 0.429. The van der Waals surface area contributed by atoms with Crippen molar-refractivity contribution in [1.29, 1.82) is 0 Å². The molecule has 0 nitrogen and oxygen atoms in total. The summed E-state index contributed by atoms with van der Waals surface area (Å²) in [7, 11) is 0. The summed E-state index contributed by atoms with van der Waals surface area (Å²) in [5, 5.41) is 0. The van der Waals surface area contributed by atoms with Crippen LogP contribution in [0.3, 0.4) is 0 Å². The van der Waals surface area contributed by atoms with Gasteiger partial charge in [-0.2, -0.15) is 0 Å². The average molecular weight is 312 g/mol. The Morgan fingerprint density at radius 3 is 1.00 bits per heavy atom. The molecule has 0 N–H and O–H groups in total. The predicted molar refractivity (Wildman–Crippen MR) is 21.3 cm³/mol. The zero-order valence-electron chi connectivity index (χ0n) is 1.45. The van der Waals surface area contributed by atoms with Crippen molar-refractivity contribution in [1.82, 2.24) is 0 Å². The van der Waals surface area contributed by atoms with Crippen LogP contribution in [0, 0.1) is 0 Å². The molecule has 46 valence electrons. The summed E-state index contributed by atoms with van der Waals surface area (Å²) in [6.07, 6.45) is 0. The van der Waals surface area contributed by atoms with E-state index in [1.54, 1.807) is 0 Å². The first-order chi connectivity index (χ1) is 0. The van der Waals surface area contributed by atoms with Gasteiger partial charge in [-0.05, 0) is 11.0 Å². The van der Waals surface area contributed by atoms with E-state index >= 15 is 0 Å². The monoisotopic (exact) mass is 312 g/mol. The molecule has 6 heavy (non-hydrogen) atoms. The van der Waals surface area contributed by atoms with Gasteiger partial charge >= 0.3 is 0 Å². The molecule has 0 rings (SSSR count). The second kappa shape index (κ2) is 50.0. The summed E-state index contributed by atoms with van der Waals surface area (Å²) < 4.78 is 0. The van der Waals surface area contributed by atoms with Gasteiger partial charge in [-0.1, -0.05) is 0 Å². The third kappa shape index (κ3) is 31.1. The van der Waals surface area contributed by atoms with Crippen molar-refractivity contribution in [2.75, 3.05) is 0 Å². The molecule has 0 aromatic carbocycles. The van der Waals surface area contributed by atoms with Gasteiger partial charge in [0.25, 0.3) is 0 Å². The Hall–Kier alpha value is 2.54. The first kappa shape index (κ1) is 75.2. The first-order valence-corrected chi connectivity index (χ1v) is 0. The maximum Gasteiger partial charge on any atom is 0.0814 e. The standard InChI is InChI=1S/BH3.Co.Fe.Nb.Ni.H4Si/h1H3;;;;;1H4. The third-order valence-corrected chi connectivity index (χ3v) is 0. The number of hydrogen-bond donors (Lipinski definition) is 0. The number of rotatable bonds is 0. The molecule has 0 spiro atoms. The Balaban J connectivity index is 0. The Kier molecular flexibility index (Phi) is 626. The van der Waals surface area contributed by atoms with E-state index in [2.05, 4.69) is 0 Å². The third-order valence-electron chi connectivity index (χ3n) is 0. The maximum absolute atomic E-state index is 0. The Labute approximate surface area is 91.1 Å². The van der Waals surface area contributed by atoms with Crippen LogP contribution in [0.1, 0.15) is 0 Å². The zero-order valence-corrected chi connectivity index (χ0v) is 6.78. The minimum atomic E-state index is 0. The molecule has 0 amide bonds. The summed E-state index contributed by atoms with van der Waals surface area (Å²) in [6, 6.07) is 0. The Bertz CT molecular complexity index is 15.5. The molecule has 6 heteroatoms. The van der Waals surface area contributed by atoms with Crippen LogP contribution in [0.5, 0.6) is 0 Å². The molecule has 0 aliphatic carbocycles. The molecular formula is H7BCoFeNbNiSi. The first-order valence-electron chi connectivity index (χ1n) is 0. The van der Waals surface area contributed by atoms with Gasteiger partial charge in [0.1, 0.15) is 0 Å². The zero-order chi connectivity index (χ0) is 0. The second-order valence-corrected chi connectivity index (χ2v) is 0. The average Bonchev–Trinajstić information content (AvgIpc) is 0. The smallest absolute Gasteiger partial charge is 0.0149 e. The van der Waals surface area contributed by atoms with Gasteiger partial charge in [-0.25, -0.2) is 0 Å². The summed E-state index contributed by atoms with van der Waals surface area (Å²) >= 11 is 0. The van der Waals surface area contributed by atoms with Gasteiger partial charge in [-0.15, -0.1) is 0 Å². The molecule has 0 fully saturated rings. The topological polar surface area (TPSA) is 0 Å². The van der Waals surface area contributed by atoms with Crippen molar-refractivity contribution in [3.05, 3.63) is 0 Å². The molecule has 0 aromatic rings. The molecule has 0 aliphatic heterocycles. The summed E-state index contributed by atoms with van der Waals surface area (Å²) in [4.78, 5) is 0. The summed E-state index contributed by atoms with van der Waals surface area (Å²) in [6.45, 7) is 0. The molecule has 0 heterocycles. The molecule has 0 aliphatic rings.